The molecule has 1 aromatic rings. The second-order valence-electron chi connectivity index (χ2n) is 2.11. The Morgan fingerprint density at radius 1 is 1.18 bits per heavy atom. The van der Waals surface area contributed by atoms with Crippen LogP contribution >= 0.6 is 0 Å². The number of rotatable bonds is 3. The maximum Gasteiger partial charge on any atom is 0.165 e. The van der Waals surface area contributed by atoms with Gasteiger partial charge in [-0.25, -0.2) is 0 Å². The van der Waals surface area contributed by atoms with Crippen molar-refractivity contribution in [2.24, 2.45) is 0 Å². The largest absolute Gasteiger partial charge is 0.338 e. The van der Waals surface area contributed by atoms with Gasteiger partial charge in [0, 0.05) is 0 Å². The van der Waals surface area contributed by atoms with Crippen molar-refractivity contribution in [2.75, 3.05) is 7.11 Å². The van der Waals surface area contributed by atoms with Gasteiger partial charge in [-0.05, 0) is 12.1 Å². The Morgan fingerprint density at radius 3 is 2.27 bits per heavy atom. The molecule has 0 fully saturated rings. The van der Waals surface area contributed by atoms with Crippen molar-refractivity contribution in [3.05, 3.63) is 24.3 Å². The first-order chi connectivity index (χ1) is 5.36. The lowest BCUT2D eigenvalue weighted by Gasteiger charge is -2.00. The van der Waals surface area contributed by atoms with Gasteiger partial charge in [-0.1, -0.05) is 24.4 Å². The number of hydrogen-bond acceptors (Lipinski definition) is 2. The lowest BCUT2D eigenvalue weighted by atomic mass is 9.73. The highest BCUT2D eigenvalue weighted by Crippen LogP contribution is 2.06. The molecular weight excluding hydrogens is 139 g/mol. The molecule has 0 amide bonds. The predicted molar refractivity (Wildman–Crippen MR) is 45.3 cm³/mol. The Kier molecular flexibility index (Phi) is 2.99. The van der Waals surface area contributed by atoms with Gasteiger partial charge in [0.05, 0.1) is 7.11 Å². The van der Waals surface area contributed by atoms with E-state index < -0.39 is 0 Å². The third-order valence-corrected chi connectivity index (χ3v) is 1.39. The van der Waals surface area contributed by atoms with E-state index in [0.717, 1.165) is 5.75 Å². The molecule has 1 rings (SSSR count). The smallest absolute Gasteiger partial charge is 0.165 e. The van der Waals surface area contributed by atoms with Crippen LogP contribution in [0.1, 0.15) is 0 Å². The molecule has 0 aromatic heterocycles. The van der Waals surface area contributed by atoms with Gasteiger partial charge >= 0.3 is 0 Å². The summed E-state index contributed by atoms with van der Waals surface area (Å²) in [7, 11) is 3.51. The average molecular weight is 149 g/mol. The van der Waals surface area contributed by atoms with Gasteiger partial charge in [0.2, 0.25) is 0 Å². The summed E-state index contributed by atoms with van der Waals surface area (Å²) in [5.41, 5.74) is 1.17. The first kappa shape index (κ1) is 8.14. The Morgan fingerprint density at radius 2 is 1.82 bits per heavy atom. The maximum atomic E-state index is 4.79. The highest BCUT2D eigenvalue weighted by molar-refractivity contribution is 6.51. The van der Waals surface area contributed by atoms with Gasteiger partial charge in [-0.3, -0.25) is 0 Å². The van der Waals surface area contributed by atoms with Crippen LogP contribution in [-0.2, 0) is 4.89 Å². The van der Waals surface area contributed by atoms with E-state index in [1.54, 1.807) is 0 Å². The topological polar surface area (TPSA) is 18.5 Å². The lowest BCUT2D eigenvalue weighted by molar-refractivity contribution is -0.178. The van der Waals surface area contributed by atoms with Crippen LogP contribution in [0.2, 0.25) is 6.82 Å². The summed E-state index contributed by atoms with van der Waals surface area (Å²) in [4.78, 5) is 9.28. The molecule has 57 valence electrons. The van der Waals surface area contributed by atoms with Gasteiger partial charge in [-0.15, -0.1) is 0 Å². The van der Waals surface area contributed by atoms with Crippen molar-refractivity contribution in [3.8, 4) is 5.75 Å². The van der Waals surface area contributed by atoms with Crippen molar-refractivity contribution in [1.29, 1.82) is 0 Å². The number of benzene rings is 1. The molecule has 0 aliphatic rings. The van der Waals surface area contributed by atoms with Crippen LogP contribution in [0.3, 0.4) is 0 Å². The fraction of sp³-hybridized carbons (Fsp3) is 0.250. The first-order valence-electron chi connectivity index (χ1n) is 3.47. The maximum absolute atomic E-state index is 4.79. The monoisotopic (exact) mass is 149 g/mol. The molecule has 0 N–H and O–H groups in total. The van der Waals surface area contributed by atoms with Crippen LogP contribution in [0.5, 0.6) is 5.75 Å². The van der Waals surface area contributed by atoms with Crippen LogP contribution in [0, 0.1) is 0 Å². The summed E-state index contributed by atoms with van der Waals surface area (Å²) in [6.07, 6.45) is 0. The standard InChI is InChI=1S/C8H10BO2/c1-9-7-3-5-8(6-4-7)11-10-2/h3-6H,1-2H3. The summed E-state index contributed by atoms with van der Waals surface area (Å²) >= 11 is 0. The average Bonchev–Trinajstić information content (AvgIpc) is 2.07. The zero-order chi connectivity index (χ0) is 8.10. The zero-order valence-electron chi connectivity index (χ0n) is 6.70. The second kappa shape index (κ2) is 4.03. The molecule has 3 heteroatoms. The van der Waals surface area contributed by atoms with Gasteiger partial charge in [0.25, 0.3) is 0 Å². The summed E-state index contributed by atoms with van der Waals surface area (Å²) in [6.45, 7) is 1.99. The van der Waals surface area contributed by atoms with Crippen molar-refractivity contribution in [1.82, 2.24) is 0 Å². The van der Waals surface area contributed by atoms with Crippen LogP contribution in [0.4, 0.5) is 0 Å². The summed E-state index contributed by atoms with van der Waals surface area (Å²) < 4.78 is 0. The summed E-state index contributed by atoms with van der Waals surface area (Å²) in [5, 5.41) is 0. The van der Waals surface area contributed by atoms with Crippen LogP contribution in [0.25, 0.3) is 0 Å². The normalized spacial score (nSPS) is 9.27. The molecule has 0 atom stereocenters. The molecule has 0 spiro atoms. The van der Waals surface area contributed by atoms with Gasteiger partial charge in [-0.2, -0.15) is 4.89 Å². The Balaban J connectivity index is 2.66. The van der Waals surface area contributed by atoms with E-state index in [4.69, 9.17) is 4.89 Å². The van der Waals surface area contributed by atoms with E-state index in [0.29, 0.717) is 0 Å². The predicted octanol–water partition coefficient (Wildman–Crippen LogP) is 1.00. The summed E-state index contributed by atoms with van der Waals surface area (Å²) in [5.74, 6) is 0.720. The van der Waals surface area contributed by atoms with Crippen LogP contribution in [0.15, 0.2) is 24.3 Å². The molecule has 0 saturated carbocycles. The van der Waals surface area contributed by atoms with Crippen LogP contribution < -0.4 is 10.4 Å². The SMILES string of the molecule is C[B]c1ccc(OOC)cc1. The molecular formula is C8H10BO2. The highest BCUT2D eigenvalue weighted by atomic mass is 17.2. The van der Waals surface area contributed by atoms with Crippen molar-refractivity contribution < 1.29 is 9.78 Å². The third kappa shape index (κ3) is 2.28. The third-order valence-electron chi connectivity index (χ3n) is 1.39. The summed E-state index contributed by atoms with van der Waals surface area (Å²) in [6, 6.07) is 7.65. The highest BCUT2D eigenvalue weighted by Gasteiger charge is 1.92. The fourth-order valence-corrected chi connectivity index (χ4v) is 0.812. The Hall–Kier alpha value is -0.955. The molecule has 1 radical (unpaired) electrons. The Bertz CT molecular complexity index is 208. The molecule has 0 bridgehead atoms. The lowest BCUT2D eigenvalue weighted by Crippen LogP contribution is -2.08. The minimum absolute atomic E-state index is 0.720. The van der Waals surface area contributed by atoms with E-state index >= 15 is 0 Å². The second-order valence-corrected chi connectivity index (χ2v) is 2.11. The van der Waals surface area contributed by atoms with E-state index in [1.807, 2.05) is 38.4 Å². The van der Waals surface area contributed by atoms with E-state index in [9.17, 15) is 0 Å². The molecule has 11 heavy (non-hydrogen) atoms. The van der Waals surface area contributed by atoms with Crippen molar-refractivity contribution in [2.45, 2.75) is 6.82 Å². The quantitative estimate of drug-likeness (QED) is 0.362. The van der Waals surface area contributed by atoms with Crippen molar-refractivity contribution >= 4 is 12.7 Å². The molecule has 0 unspecified atom stereocenters. The van der Waals surface area contributed by atoms with E-state index in [-0.39, 0.29) is 0 Å². The van der Waals surface area contributed by atoms with E-state index in [1.165, 1.54) is 12.6 Å². The van der Waals surface area contributed by atoms with E-state index in [2.05, 4.69) is 4.89 Å². The number of hydrogen-bond donors (Lipinski definition) is 0. The molecule has 0 aliphatic carbocycles. The fourth-order valence-electron chi connectivity index (χ4n) is 0.812. The van der Waals surface area contributed by atoms with Crippen LogP contribution in [-0.4, -0.2) is 14.4 Å². The van der Waals surface area contributed by atoms with Gasteiger partial charge in [0.1, 0.15) is 7.28 Å². The minimum atomic E-state index is 0.720. The van der Waals surface area contributed by atoms with Gasteiger partial charge < -0.3 is 4.89 Å². The molecule has 0 aliphatic heterocycles. The molecule has 1 aromatic carbocycles. The molecule has 0 heterocycles. The van der Waals surface area contributed by atoms with Gasteiger partial charge in [0.15, 0.2) is 5.75 Å². The minimum Gasteiger partial charge on any atom is -0.338 e. The molecule has 2 nitrogen and oxygen atoms in total. The first-order valence-corrected chi connectivity index (χ1v) is 3.47. The Labute approximate surface area is 67.3 Å². The molecule has 0 saturated heterocycles. The van der Waals surface area contributed by atoms with Crippen molar-refractivity contribution in [3.63, 3.8) is 0 Å². The zero-order valence-corrected chi connectivity index (χ0v) is 6.70.